The summed E-state index contributed by atoms with van der Waals surface area (Å²) in [6, 6.07) is 13.1. The van der Waals surface area contributed by atoms with Crippen LogP contribution in [0.3, 0.4) is 0 Å². The van der Waals surface area contributed by atoms with Gasteiger partial charge in [-0.2, -0.15) is 0 Å². The zero-order valence-corrected chi connectivity index (χ0v) is 20.4. The number of pyridine rings is 1. The van der Waals surface area contributed by atoms with E-state index in [9.17, 15) is 9.90 Å². The molecule has 0 spiro atoms. The molecule has 2 aromatic heterocycles. The van der Waals surface area contributed by atoms with Gasteiger partial charge in [-0.05, 0) is 55.3 Å². The second-order valence-electron chi connectivity index (χ2n) is 8.92. The summed E-state index contributed by atoms with van der Waals surface area (Å²) in [7, 11) is 0. The van der Waals surface area contributed by atoms with E-state index in [0.29, 0.717) is 34.3 Å². The number of aromatic amines is 2. The van der Waals surface area contributed by atoms with Gasteiger partial charge in [0.25, 0.3) is 5.56 Å². The molecule has 0 saturated carbocycles. The molecule has 0 unspecified atom stereocenters. The number of morpholine rings is 1. The fraction of sp³-hybridized carbons (Fsp3) is 0.308. The number of imidazole rings is 1. The number of aryl methyl sites for hydroxylation is 1. The maximum Gasteiger partial charge on any atom is 0.261 e. The summed E-state index contributed by atoms with van der Waals surface area (Å²) in [6.45, 7) is 6.66. The van der Waals surface area contributed by atoms with Gasteiger partial charge in [0.1, 0.15) is 11.4 Å². The van der Waals surface area contributed by atoms with Crippen LogP contribution in [0.4, 0.5) is 11.4 Å². The van der Waals surface area contributed by atoms with Gasteiger partial charge >= 0.3 is 0 Å². The van der Waals surface area contributed by atoms with Crippen LogP contribution < -0.4 is 15.8 Å². The van der Waals surface area contributed by atoms with Crippen LogP contribution in [0.2, 0.25) is 5.02 Å². The number of ether oxygens (including phenoxy) is 1. The van der Waals surface area contributed by atoms with E-state index in [2.05, 4.69) is 39.2 Å². The smallest absolute Gasteiger partial charge is 0.261 e. The first-order valence-corrected chi connectivity index (χ1v) is 12.0. The lowest BCUT2D eigenvalue weighted by atomic mass is 10.1. The van der Waals surface area contributed by atoms with Gasteiger partial charge in [-0.1, -0.05) is 23.7 Å². The Morgan fingerprint density at radius 3 is 2.97 bits per heavy atom. The molecule has 2 aromatic carbocycles. The number of rotatable bonds is 6. The fourth-order valence-corrected chi connectivity index (χ4v) is 4.72. The Kier molecular flexibility index (Phi) is 6.51. The second kappa shape index (κ2) is 9.73. The molecule has 0 amide bonds. The number of anilines is 2. The summed E-state index contributed by atoms with van der Waals surface area (Å²) in [5.41, 5.74) is 5.20. The molecule has 35 heavy (non-hydrogen) atoms. The van der Waals surface area contributed by atoms with Crippen molar-refractivity contribution in [1.82, 2.24) is 15.0 Å². The van der Waals surface area contributed by atoms with Gasteiger partial charge in [-0.25, -0.2) is 4.98 Å². The van der Waals surface area contributed by atoms with Crippen LogP contribution >= 0.6 is 11.6 Å². The number of halogens is 1. The lowest BCUT2D eigenvalue weighted by Gasteiger charge is -2.33. The summed E-state index contributed by atoms with van der Waals surface area (Å²) >= 11 is 6.05. The molecule has 5 rings (SSSR count). The number of fused-ring (bicyclic) bond motifs is 1. The second-order valence-corrected chi connectivity index (χ2v) is 9.36. The number of H-pyrrole nitrogens is 2. The van der Waals surface area contributed by atoms with Gasteiger partial charge in [0, 0.05) is 36.5 Å². The number of aliphatic hydroxyl groups excluding tert-OH is 1. The van der Waals surface area contributed by atoms with E-state index in [-0.39, 0.29) is 18.2 Å². The fourth-order valence-electron chi connectivity index (χ4n) is 4.52. The Bertz CT molecular complexity index is 1420. The van der Waals surface area contributed by atoms with Crippen LogP contribution in [-0.4, -0.2) is 52.4 Å². The molecule has 1 fully saturated rings. The summed E-state index contributed by atoms with van der Waals surface area (Å²) in [5, 5.41) is 14.4. The van der Waals surface area contributed by atoms with Crippen molar-refractivity contribution < 1.29 is 9.84 Å². The number of nitrogens with one attached hydrogen (secondary N) is 3. The third kappa shape index (κ3) is 4.91. The Balaban J connectivity index is 1.45. The number of nitrogens with zero attached hydrogens (tertiary/aromatic N) is 2. The number of aliphatic hydroxyl groups is 1. The van der Waals surface area contributed by atoms with E-state index < -0.39 is 6.10 Å². The summed E-state index contributed by atoms with van der Waals surface area (Å²) in [5.74, 6) is 0.470. The van der Waals surface area contributed by atoms with Crippen molar-refractivity contribution >= 4 is 34.0 Å². The SMILES string of the molecule is Cc1cc(N2CCO[C@@H](C)C2)cc2[nH]c(-c3c(NC[C@H](O)c4cccc(Cl)c4)cc[nH]c3=O)nc12. The predicted octanol–water partition coefficient (Wildman–Crippen LogP) is 4.25. The predicted molar refractivity (Wildman–Crippen MR) is 139 cm³/mol. The van der Waals surface area contributed by atoms with Gasteiger partial charge in [0.2, 0.25) is 0 Å². The Hall–Kier alpha value is -3.33. The van der Waals surface area contributed by atoms with Crippen molar-refractivity contribution in [2.75, 3.05) is 36.5 Å². The molecule has 0 aliphatic carbocycles. The molecule has 8 nitrogen and oxygen atoms in total. The van der Waals surface area contributed by atoms with E-state index >= 15 is 0 Å². The minimum absolute atomic E-state index is 0.177. The zero-order valence-electron chi connectivity index (χ0n) is 19.6. The van der Waals surface area contributed by atoms with Gasteiger partial charge in [0.05, 0.1) is 35.5 Å². The number of hydrogen-bond acceptors (Lipinski definition) is 6. The molecular formula is C26H28ClN5O3. The number of aromatic nitrogens is 3. The molecule has 1 aliphatic heterocycles. The minimum atomic E-state index is -0.794. The highest BCUT2D eigenvalue weighted by molar-refractivity contribution is 6.30. The van der Waals surface area contributed by atoms with Crippen LogP contribution in [-0.2, 0) is 4.74 Å². The van der Waals surface area contributed by atoms with Crippen LogP contribution in [0.5, 0.6) is 0 Å². The van der Waals surface area contributed by atoms with Crippen molar-refractivity contribution in [3.63, 3.8) is 0 Å². The highest BCUT2D eigenvalue weighted by atomic mass is 35.5. The zero-order chi connectivity index (χ0) is 24.5. The molecule has 0 bridgehead atoms. The molecule has 2 atom stereocenters. The maximum absolute atomic E-state index is 12.9. The lowest BCUT2D eigenvalue weighted by molar-refractivity contribution is 0.0532. The largest absolute Gasteiger partial charge is 0.387 e. The standard InChI is InChI=1S/C26H28ClN5O3/c1-15-10-19(32-8-9-35-16(2)14-32)12-21-24(15)31-25(30-21)23-20(6-7-28-26(23)34)29-13-22(33)17-4-3-5-18(27)11-17/h3-7,10-12,16,22,33H,8-9,13-14H2,1-2H3,(H,30,31)(H2,28,29,34)/t16-,22-/m0/s1. The van der Waals surface area contributed by atoms with Crippen molar-refractivity contribution in [3.05, 3.63) is 75.2 Å². The van der Waals surface area contributed by atoms with Crippen LogP contribution in [0, 0.1) is 6.92 Å². The molecule has 9 heteroatoms. The van der Waals surface area contributed by atoms with E-state index in [4.69, 9.17) is 21.3 Å². The van der Waals surface area contributed by atoms with Gasteiger partial charge in [-0.15, -0.1) is 0 Å². The maximum atomic E-state index is 12.9. The Morgan fingerprint density at radius 1 is 1.31 bits per heavy atom. The molecule has 1 aliphatic rings. The van der Waals surface area contributed by atoms with E-state index in [0.717, 1.165) is 35.4 Å². The first-order chi connectivity index (χ1) is 16.9. The van der Waals surface area contributed by atoms with E-state index in [1.165, 1.54) is 0 Å². The molecule has 4 N–H and O–H groups in total. The van der Waals surface area contributed by atoms with Crippen molar-refractivity contribution in [1.29, 1.82) is 0 Å². The quantitative estimate of drug-likeness (QED) is 0.320. The summed E-state index contributed by atoms with van der Waals surface area (Å²) in [4.78, 5) is 26.0. The third-order valence-corrected chi connectivity index (χ3v) is 6.52. The Labute approximate surface area is 207 Å². The monoisotopic (exact) mass is 493 g/mol. The van der Waals surface area contributed by atoms with Gasteiger partial charge < -0.3 is 30.0 Å². The molecule has 182 valence electrons. The molecule has 3 heterocycles. The highest BCUT2D eigenvalue weighted by Crippen LogP contribution is 2.30. The topological polar surface area (TPSA) is 106 Å². The molecule has 1 saturated heterocycles. The lowest BCUT2D eigenvalue weighted by Crippen LogP contribution is -2.41. The highest BCUT2D eigenvalue weighted by Gasteiger charge is 2.20. The van der Waals surface area contributed by atoms with Gasteiger partial charge in [-0.3, -0.25) is 4.79 Å². The summed E-state index contributed by atoms with van der Waals surface area (Å²) < 4.78 is 5.68. The van der Waals surface area contributed by atoms with E-state index in [1.54, 1.807) is 30.5 Å². The number of hydrogen-bond donors (Lipinski definition) is 4. The Morgan fingerprint density at radius 2 is 2.17 bits per heavy atom. The van der Waals surface area contributed by atoms with Crippen LogP contribution in [0.15, 0.2) is 53.5 Å². The van der Waals surface area contributed by atoms with Crippen molar-refractivity contribution in [2.45, 2.75) is 26.1 Å². The average Bonchev–Trinajstić information content (AvgIpc) is 3.27. The first kappa shape index (κ1) is 23.4. The van der Waals surface area contributed by atoms with E-state index in [1.807, 2.05) is 13.0 Å². The molecule has 4 aromatic rings. The van der Waals surface area contributed by atoms with Crippen LogP contribution in [0.25, 0.3) is 22.4 Å². The normalized spacial score (nSPS) is 17.0. The first-order valence-electron chi connectivity index (χ1n) is 11.7. The molecular weight excluding hydrogens is 466 g/mol. The van der Waals surface area contributed by atoms with Crippen molar-refractivity contribution in [3.8, 4) is 11.4 Å². The van der Waals surface area contributed by atoms with Crippen molar-refractivity contribution in [2.24, 2.45) is 0 Å². The summed E-state index contributed by atoms with van der Waals surface area (Å²) in [6.07, 6.45) is 0.957. The average molecular weight is 494 g/mol. The number of benzene rings is 2. The minimum Gasteiger partial charge on any atom is -0.387 e. The van der Waals surface area contributed by atoms with Crippen LogP contribution in [0.1, 0.15) is 24.2 Å². The third-order valence-electron chi connectivity index (χ3n) is 6.29. The van der Waals surface area contributed by atoms with Gasteiger partial charge in [0.15, 0.2) is 0 Å². The molecule has 0 radical (unpaired) electrons.